The van der Waals surface area contributed by atoms with Gasteiger partial charge in [0, 0.05) is 5.56 Å². The Labute approximate surface area is 168 Å². The third-order valence-corrected chi connectivity index (χ3v) is 4.42. The van der Waals surface area contributed by atoms with E-state index in [1.54, 1.807) is 0 Å². The average Bonchev–Trinajstić information content (AvgIpc) is 3.08. The zero-order chi connectivity index (χ0) is 21.3. The summed E-state index contributed by atoms with van der Waals surface area (Å²) in [7, 11) is 0. The second kappa shape index (κ2) is 7.78. The molecule has 0 fully saturated rings. The highest BCUT2D eigenvalue weighted by Gasteiger charge is 2.14. The molecule has 1 heterocycles. The minimum Gasteiger partial charge on any atom is -0.452 e. The highest BCUT2D eigenvalue weighted by Crippen LogP contribution is 2.30. The third-order valence-electron chi connectivity index (χ3n) is 4.42. The van der Waals surface area contributed by atoms with E-state index < -0.39 is 23.1 Å². The summed E-state index contributed by atoms with van der Waals surface area (Å²) in [5.41, 5.74) is 5.45. The first-order valence-electron chi connectivity index (χ1n) is 8.83. The van der Waals surface area contributed by atoms with Crippen molar-refractivity contribution in [3.63, 3.8) is 0 Å². The number of anilines is 1. The largest absolute Gasteiger partial charge is 0.452 e. The Balaban J connectivity index is 1.58. The lowest BCUT2D eigenvalue weighted by atomic mass is 10.2. The van der Waals surface area contributed by atoms with E-state index in [1.165, 1.54) is 54.9 Å². The van der Waals surface area contributed by atoms with Crippen LogP contribution in [0.4, 0.5) is 18.9 Å². The molecule has 4 rings (SSSR count). The van der Waals surface area contributed by atoms with E-state index in [1.807, 2.05) is 0 Å². The number of benzene rings is 3. The van der Waals surface area contributed by atoms with Gasteiger partial charge in [0.2, 0.25) is 0 Å². The molecule has 0 radical (unpaired) electrons. The number of nitrogen functional groups attached to an aromatic ring is 1. The number of aromatic nitrogens is 3. The summed E-state index contributed by atoms with van der Waals surface area (Å²) >= 11 is 0. The molecule has 0 unspecified atom stereocenters. The number of hydrogen-bond donors (Lipinski definition) is 1. The van der Waals surface area contributed by atoms with Gasteiger partial charge in [-0.25, -0.2) is 18.0 Å². The maximum Gasteiger partial charge on any atom is 0.350 e. The summed E-state index contributed by atoms with van der Waals surface area (Å²) in [4.78, 5) is 12.6. The van der Waals surface area contributed by atoms with Gasteiger partial charge in [0.1, 0.15) is 23.7 Å². The number of nitrogens with two attached hydrogens (primary N) is 1. The smallest absolute Gasteiger partial charge is 0.350 e. The Kier molecular flexibility index (Phi) is 5.01. The van der Waals surface area contributed by atoms with E-state index in [-0.39, 0.29) is 23.5 Å². The van der Waals surface area contributed by atoms with Gasteiger partial charge in [0.25, 0.3) is 0 Å². The first-order chi connectivity index (χ1) is 14.4. The standard InChI is InChI=1S/C21H15F3N4O2/c22-16-3-1-4-17(23)15(16)11-27-12-26-28(21(27)29)13-7-9-14(10-8-13)30-20-18(24)5-2-6-19(20)25/h1-10,12H,11,25H2. The topological polar surface area (TPSA) is 75.1 Å². The molecule has 0 bridgehead atoms. The highest BCUT2D eigenvalue weighted by atomic mass is 19.1. The zero-order valence-electron chi connectivity index (χ0n) is 15.4. The van der Waals surface area contributed by atoms with Crippen molar-refractivity contribution in [2.75, 3.05) is 5.73 Å². The van der Waals surface area contributed by atoms with Crippen LogP contribution in [0.25, 0.3) is 5.69 Å². The normalized spacial score (nSPS) is 10.9. The van der Waals surface area contributed by atoms with Crippen LogP contribution in [0.5, 0.6) is 11.5 Å². The van der Waals surface area contributed by atoms with E-state index >= 15 is 0 Å². The summed E-state index contributed by atoms with van der Waals surface area (Å²) in [6, 6.07) is 13.8. The van der Waals surface area contributed by atoms with Crippen LogP contribution in [0.2, 0.25) is 0 Å². The van der Waals surface area contributed by atoms with Gasteiger partial charge in [-0.15, -0.1) is 0 Å². The fourth-order valence-electron chi connectivity index (χ4n) is 2.88. The molecule has 0 saturated heterocycles. The molecule has 9 heteroatoms. The predicted molar refractivity (Wildman–Crippen MR) is 104 cm³/mol. The Morgan fingerprint density at radius 1 is 0.900 bits per heavy atom. The van der Waals surface area contributed by atoms with Crippen LogP contribution in [0.1, 0.15) is 5.56 Å². The van der Waals surface area contributed by atoms with Gasteiger partial charge in [0.05, 0.1) is 17.9 Å². The molecule has 3 aromatic carbocycles. The van der Waals surface area contributed by atoms with Crippen LogP contribution in [0.3, 0.4) is 0 Å². The molecular formula is C21H15F3N4O2. The van der Waals surface area contributed by atoms with E-state index in [4.69, 9.17) is 10.5 Å². The van der Waals surface area contributed by atoms with Crippen molar-refractivity contribution < 1.29 is 17.9 Å². The summed E-state index contributed by atoms with van der Waals surface area (Å²) < 4.78 is 49.2. The number of para-hydroxylation sites is 1. The molecule has 0 aliphatic heterocycles. The van der Waals surface area contributed by atoms with Gasteiger partial charge in [-0.05, 0) is 48.5 Å². The molecule has 1 aromatic heterocycles. The molecule has 0 aliphatic rings. The number of ether oxygens (including phenoxy) is 1. The lowest BCUT2D eigenvalue weighted by Gasteiger charge is -2.09. The van der Waals surface area contributed by atoms with Crippen LogP contribution in [0, 0.1) is 17.5 Å². The van der Waals surface area contributed by atoms with Crippen LogP contribution >= 0.6 is 0 Å². The maximum absolute atomic E-state index is 13.9. The van der Waals surface area contributed by atoms with Crippen molar-refractivity contribution in [2.24, 2.45) is 0 Å². The number of halogens is 3. The Hall–Kier alpha value is -4.01. The molecule has 0 amide bonds. The van der Waals surface area contributed by atoms with Crippen LogP contribution < -0.4 is 16.2 Å². The SMILES string of the molecule is Nc1cccc(F)c1Oc1ccc(-n2ncn(Cc3c(F)cccc3F)c2=O)cc1. The summed E-state index contributed by atoms with van der Waals surface area (Å²) in [6.07, 6.45) is 1.19. The molecule has 30 heavy (non-hydrogen) atoms. The Morgan fingerprint density at radius 3 is 2.20 bits per heavy atom. The molecule has 0 atom stereocenters. The van der Waals surface area contributed by atoms with E-state index in [2.05, 4.69) is 5.10 Å². The number of nitrogens with zero attached hydrogens (tertiary/aromatic N) is 3. The number of rotatable bonds is 5. The molecule has 0 aliphatic carbocycles. The van der Waals surface area contributed by atoms with Crippen LogP contribution in [0.15, 0.2) is 71.8 Å². The monoisotopic (exact) mass is 412 g/mol. The maximum atomic E-state index is 13.9. The van der Waals surface area contributed by atoms with Gasteiger partial charge < -0.3 is 10.5 Å². The average molecular weight is 412 g/mol. The van der Waals surface area contributed by atoms with Crippen molar-refractivity contribution in [3.8, 4) is 17.2 Å². The van der Waals surface area contributed by atoms with Gasteiger partial charge >= 0.3 is 5.69 Å². The van der Waals surface area contributed by atoms with Crippen molar-refractivity contribution >= 4 is 5.69 Å². The van der Waals surface area contributed by atoms with Crippen molar-refractivity contribution in [1.29, 1.82) is 0 Å². The second-order valence-electron chi connectivity index (χ2n) is 6.41. The van der Waals surface area contributed by atoms with Gasteiger partial charge in [-0.2, -0.15) is 9.78 Å². The minimum atomic E-state index is -0.747. The van der Waals surface area contributed by atoms with Gasteiger partial charge in [0.15, 0.2) is 11.6 Å². The molecule has 2 N–H and O–H groups in total. The zero-order valence-corrected chi connectivity index (χ0v) is 15.4. The predicted octanol–water partition coefficient (Wildman–Crippen LogP) is 3.87. The van der Waals surface area contributed by atoms with Gasteiger partial charge in [-0.3, -0.25) is 4.57 Å². The molecule has 0 spiro atoms. The van der Waals surface area contributed by atoms with Crippen molar-refractivity contribution in [1.82, 2.24) is 14.3 Å². The van der Waals surface area contributed by atoms with Crippen LogP contribution in [-0.4, -0.2) is 14.3 Å². The van der Waals surface area contributed by atoms with E-state index in [0.29, 0.717) is 11.4 Å². The molecule has 152 valence electrons. The summed E-state index contributed by atoms with van der Waals surface area (Å²) in [5.74, 6) is -1.89. The lowest BCUT2D eigenvalue weighted by molar-refractivity contribution is 0.444. The van der Waals surface area contributed by atoms with Crippen molar-refractivity contribution in [2.45, 2.75) is 6.54 Å². The van der Waals surface area contributed by atoms with Gasteiger partial charge in [-0.1, -0.05) is 12.1 Å². The first kappa shape index (κ1) is 19.3. The lowest BCUT2D eigenvalue weighted by Crippen LogP contribution is -2.24. The minimum absolute atomic E-state index is 0.0985. The van der Waals surface area contributed by atoms with Crippen molar-refractivity contribution in [3.05, 3.63) is 100 Å². The summed E-state index contributed by atoms with van der Waals surface area (Å²) in [6.45, 7) is -0.301. The summed E-state index contributed by atoms with van der Waals surface area (Å²) in [5, 5.41) is 3.98. The Bertz CT molecular complexity index is 1230. The number of hydrogen-bond acceptors (Lipinski definition) is 4. The fourth-order valence-corrected chi connectivity index (χ4v) is 2.88. The molecule has 4 aromatic rings. The fraction of sp³-hybridized carbons (Fsp3) is 0.0476. The quantitative estimate of drug-likeness (QED) is 0.505. The second-order valence-corrected chi connectivity index (χ2v) is 6.41. The van der Waals surface area contributed by atoms with E-state index in [9.17, 15) is 18.0 Å². The molecular weight excluding hydrogens is 397 g/mol. The highest BCUT2D eigenvalue weighted by molar-refractivity contribution is 5.54. The van der Waals surface area contributed by atoms with Crippen LogP contribution in [-0.2, 0) is 6.54 Å². The molecule has 0 saturated carbocycles. The van der Waals surface area contributed by atoms with E-state index in [0.717, 1.165) is 21.4 Å². The molecule has 6 nitrogen and oxygen atoms in total. The third kappa shape index (κ3) is 3.64. The first-order valence-corrected chi connectivity index (χ1v) is 8.83. The Morgan fingerprint density at radius 2 is 1.53 bits per heavy atom.